The second-order valence-electron chi connectivity index (χ2n) is 9.57. The van der Waals surface area contributed by atoms with Crippen molar-refractivity contribution < 1.29 is 0 Å². The molecule has 0 radical (unpaired) electrons. The lowest BCUT2D eigenvalue weighted by Gasteiger charge is -2.37. The smallest absolute Gasteiger partial charge is 0.150 e. The molecule has 1 aromatic carbocycles. The van der Waals surface area contributed by atoms with Gasteiger partial charge in [-0.15, -0.1) is 11.3 Å². The van der Waals surface area contributed by atoms with Gasteiger partial charge in [0, 0.05) is 29.5 Å². The van der Waals surface area contributed by atoms with Crippen LogP contribution >= 0.6 is 34.5 Å². The van der Waals surface area contributed by atoms with E-state index in [1.807, 2.05) is 23.5 Å². The van der Waals surface area contributed by atoms with E-state index in [-0.39, 0.29) is 0 Å². The number of nitrogens with one attached hydrogen (secondary N) is 2. The van der Waals surface area contributed by atoms with Gasteiger partial charge in [0.25, 0.3) is 0 Å². The quantitative estimate of drug-likeness (QED) is 0.343. The van der Waals surface area contributed by atoms with Crippen molar-refractivity contribution in [2.24, 2.45) is 0 Å². The van der Waals surface area contributed by atoms with Crippen LogP contribution in [-0.2, 0) is 5.54 Å². The summed E-state index contributed by atoms with van der Waals surface area (Å²) >= 11 is 14.6. The first-order valence-corrected chi connectivity index (χ1v) is 14.2. The summed E-state index contributed by atoms with van der Waals surface area (Å²) in [6.07, 6.45) is 4.96. The second-order valence-corrected chi connectivity index (χ2v) is 11.7. The van der Waals surface area contributed by atoms with Crippen LogP contribution < -0.4 is 10.6 Å². The maximum absolute atomic E-state index is 6.38. The Balaban J connectivity index is 1.51. The van der Waals surface area contributed by atoms with Crippen LogP contribution in [0, 0.1) is 6.92 Å². The summed E-state index contributed by atoms with van der Waals surface area (Å²) in [7, 11) is 0. The minimum Gasteiger partial charge on any atom is -0.368 e. The van der Waals surface area contributed by atoms with Crippen LogP contribution in [0.25, 0.3) is 11.0 Å². The van der Waals surface area contributed by atoms with Crippen molar-refractivity contribution in [2.45, 2.75) is 45.1 Å². The van der Waals surface area contributed by atoms with Gasteiger partial charge in [0.15, 0.2) is 5.82 Å². The Hall–Kier alpha value is -1.48. The average molecular weight is 534 g/mol. The van der Waals surface area contributed by atoms with Crippen molar-refractivity contribution in [1.82, 2.24) is 25.1 Å². The van der Waals surface area contributed by atoms with Gasteiger partial charge in [0.05, 0.1) is 21.1 Å². The number of hydrogen-bond acceptors (Lipinski definition) is 7. The number of halogens is 2. The molecule has 2 saturated heterocycles. The molecular weight excluding hydrogens is 499 g/mol. The van der Waals surface area contributed by atoms with E-state index in [1.165, 1.54) is 48.7 Å². The van der Waals surface area contributed by atoms with Crippen molar-refractivity contribution in [1.29, 1.82) is 0 Å². The monoisotopic (exact) mass is 532 g/mol. The highest BCUT2D eigenvalue weighted by molar-refractivity contribution is 7.12. The number of rotatable bonds is 9. The lowest BCUT2D eigenvalue weighted by atomic mass is 9.91. The van der Waals surface area contributed by atoms with Crippen LogP contribution in [0.1, 0.15) is 48.1 Å². The standard InChI is InChI=1S/C26H34Cl2N6S/c1-3-34-17-29-16-26(34,23-9-8-18(2)35-23)24-25(30-10-4-5-11-33-12-6-7-13-33)32-22-15-20(28)19(27)14-21(22)31-24/h8-9,14-15,29H,3-7,10-13,16-17H2,1-2H3,(H,30,32). The molecule has 1 atom stereocenters. The Labute approximate surface area is 222 Å². The van der Waals surface area contributed by atoms with Gasteiger partial charge < -0.3 is 15.5 Å². The van der Waals surface area contributed by atoms with Crippen LogP contribution in [0.3, 0.4) is 0 Å². The Bertz CT molecular complexity index is 1180. The highest BCUT2D eigenvalue weighted by Gasteiger charge is 2.47. The molecule has 9 heteroatoms. The maximum atomic E-state index is 6.38. The van der Waals surface area contributed by atoms with E-state index in [1.54, 1.807) is 0 Å². The highest BCUT2D eigenvalue weighted by Crippen LogP contribution is 2.43. The van der Waals surface area contributed by atoms with Gasteiger partial charge in [-0.05, 0) is 83.1 Å². The fourth-order valence-electron chi connectivity index (χ4n) is 5.39. The number of likely N-dealkylation sites (N-methyl/N-ethyl adjacent to an activating group) is 1. The lowest BCUT2D eigenvalue weighted by molar-refractivity contribution is 0.196. The molecule has 0 bridgehead atoms. The van der Waals surface area contributed by atoms with Gasteiger partial charge in [-0.25, -0.2) is 9.97 Å². The first-order chi connectivity index (χ1) is 17.0. The molecule has 3 aromatic rings. The Morgan fingerprint density at radius 1 is 1.09 bits per heavy atom. The predicted octanol–water partition coefficient (Wildman–Crippen LogP) is 5.72. The first kappa shape index (κ1) is 25.2. The van der Waals surface area contributed by atoms with E-state index in [2.05, 4.69) is 46.4 Å². The average Bonchev–Trinajstić information content (AvgIpc) is 3.60. The number of likely N-dealkylation sites (tertiary alicyclic amines) is 1. The van der Waals surface area contributed by atoms with Crippen LogP contribution in [0.4, 0.5) is 5.82 Å². The molecule has 188 valence electrons. The van der Waals surface area contributed by atoms with Crippen LogP contribution in [-0.4, -0.2) is 65.7 Å². The molecular formula is C26H34Cl2N6S. The summed E-state index contributed by atoms with van der Waals surface area (Å²) in [4.78, 5) is 17.9. The SMILES string of the molecule is CCN1CNCC1(c1ccc(C)s1)c1nc2cc(Cl)c(Cl)cc2nc1NCCCCN1CCCC1. The van der Waals surface area contributed by atoms with Gasteiger partial charge in [-0.3, -0.25) is 4.90 Å². The van der Waals surface area contributed by atoms with E-state index in [4.69, 9.17) is 33.2 Å². The molecule has 6 nitrogen and oxygen atoms in total. The number of unbranched alkanes of at least 4 members (excludes halogenated alkanes) is 1. The molecule has 1 unspecified atom stereocenters. The van der Waals surface area contributed by atoms with Crippen LogP contribution in [0.2, 0.25) is 10.0 Å². The molecule has 2 fully saturated rings. The predicted molar refractivity (Wildman–Crippen MR) is 148 cm³/mol. The van der Waals surface area contributed by atoms with Gasteiger partial charge in [-0.2, -0.15) is 0 Å². The molecule has 2 aromatic heterocycles. The largest absolute Gasteiger partial charge is 0.368 e. The summed E-state index contributed by atoms with van der Waals surface area (Å²) in [5.41, 5.74) is 2.09. The van der Waals surface area contributed by atoms with Crippen LogP contribution in [0.5, 0.6) is 0 Å². The number of aromatic nitrogens is 2. The number of hydrogen-bond donors (Lipinski definition) is 2. The zero-order valence-corrected chi connectivity index (χ0v) is 22.9. The van der Waals surface area contributed by atoms with Gasteiger partial charge in [0.2, 0.25) is 0 Å². The Morgan fingerprint density at radius 2 is 1.83 bits per heavy atom. The Morgan fingerprint density at radius 3 is 2.51 bits per heavy atom. The van der Waals surface area contributed by atoms with E-state index in [9.17, 15) is 0 Å². The topological polar surface area (TPSA) is 56.3 Å². The summed E-state index contributed by atoms with van der Waals surface area (Å²) < 4.78 is 0. The molecule has 35 heavy (non-hydrogen) atoms. The fourth-order valence-corrected chi connectivity index (χ4v) is 6.79. The fraction of sp³-hybridized carbons (Fsp3) is 0.538. The Kier molecular flexibility index (Phi) is 7.82. The van der Waals surface area contributed by atoms with E-state index >= 15 is 0 Å². The molecule has 2 aliphatic heterocycles. The van der Waals surface area contributed by atoms with Crippen LogP contribution in [0.15, 0.2) is 24.3 Å². The third-order valence-electron chi connectivity index (χ3n) is 7.24. The molecule has 5 rings (SSSR count). The normalized spacial score (nSPS) is 21.4. The lowest BCUT2D eigenvalue weighted by Crippen LogP contribution is -2.45. The number of anilines is 1. The van der Waals surface area contributed by atoms with E-state index in [0.717, 1.165) is 55.3 Å². The highest BCUT2D eigenvalue weighted by atomic mass is 35.5. The van der Waals surface area contributed by atoms with Crippen molar-refractivity contribution in [2.75, 3.05) is 51.3 Å². The number of thiophene rings is 1. The van der Waals surface area contributed by atoms with Crippen molar-refractivity contribution in [3.8, 4) is 0 Å². The molecule has 2 N–H and O–H groups in total. The molecule has 2 aliphatic rings. The first-order valence-electron chi connectivity index (χ1n) is 12.7. The van der Waals surface area contributed by atoms with Gasteiger partial charge >= 0.3 is 0 Å². The minimum atomic E-state index is -0.390. The van der Waals surface area contributed by atoms with Crippen molar-refractivity contribution >= 4 is 51.4 Å². The van der Waals surface area contributed by atoms with Crippen molar-refractivity contribution in [3.05, 3.63) is 49.8 Å². The summed E-state index contributed by atoms with van der Waals surface area (Å²) in [5, 5.41) is 8.28. The number of aryl methyl sites for hydroxylation is 1. The van der Waals surface area contributed by atoms with Gasteiger partial charge in [-0.1, -0.05) is 30.1 Å². The zero-order chi connectivity index (χ0) is 24.4. The van der Waals surface area contributed by atoms with Crippen molar-refractivity contribution in [3.63, 3.8) is 0 Å². The number of nitrogens with zero attached hydrogens (tertiary/aromatic N) is 4. The molecule has 0 amide bonds. The van der Waals surface area contributed by atoms with E-state index in [0.29, 0.717) is 10.0 Å². The summed E-state index contributed by atoms with van der Waals surface area (Å²) in [6, 6.07) is 8.10. The summed E-state index contributed by atoms with van der Waals surface area (Å²) in [6.45, 7) is 11.4. The number of benzene rings is 1. The molecule has 0 saturated carbocycles. The van der Waals surface area contributed by atoms with Gasteiger partial charge in [0.1, 0.15) is 11.2 Å². The summed E-state index contributed by atoms with van der Waals surface area (Å²) in [5.74, 6) is 0.838. The maximum Gasteiger partial charge on any atom is 0.150 e. The van der Waals surface area contributed by atoms with E-state index < -0.39 is 5.54 Å². The zero-order valence-electron chi connectivity index (χ0n) is 20.5. The minimum absolute atomic E-state index is 0.390. The molecule has 0 aliphatic carbocycles. The third-order valence-corrected chi connectivity index (χ3v) is 9.12. The molecule has 4 heterocycles. The molecule has 0 spiro atoms. The third kappa shape index (κ3) is 5.04. The number of fused-ring (bicyclic) bond motifs is 1. The second kappa shape index (κ2) is 10.9.